The summed E-state index contributed by atoms with van der Waals surface area (Å²) in [7, 11) is 0. The van der Waals surface area contributed by atoms with E-state index in [9.17, 15) is 0 Å². The summed E-state index contributed by atoms with van der Waals surface area (Å²) in [4.78, 5) is 13.6. The van der Waals surface area contributed by atoms with Gasteiger partial charge in [0, 0.05) is 38.9 Å². The zero-order valence-corrected chi connectivity index (χ0v) is 14.1. The lowest BCUT2D eigenvalue weighted by molar-refractivity contribution is 0.122. The second kappa shape index (κ2) is 6.42. The van der Waals surface area contributed by atoms with Crippen LogP contribution in [0.1, 0.15) is 19.3 Å². The third-order valence-electron chi connectivity index (χ3n) is 5.30. The minimum atomic E-state index is 0.403. The molecular weight excluding hydrogens is 316 g/mol. The molecule has 3 saturated heterocycles. The van der Waals surface area contributed by atoms with Gasteiger partial charge < -0.3 is 19.3 Å². The van der Waals surface area contributed by atoms with Crippen LogP contribution < -0.4 is 9.80 Å². The summed E-state index contributed by atoms with van der Waals surface area (Å²) in [5.74, 6) is 1.67. The molecule has 3 fully saturated rings. The molecule has 1 aromatic heterocycles. The van der Waals surface area contributed by atoms with E-state index in [-0.39, 0.29) is 0 Å². The molecule has 0 atom stereocenters. The number of piperidine rings is 1. The number of hydrogen-bond donors (Lipinski definition) is 0. The third kappa shape index (κ3) is 3.25. The van der Waals surface area contributed by atoms with Crippen molar-refractivity contribution >= 4 is 23.4 Å². The second-order valence-electron chi connectivity index (χ2n) is 6.74. The van der Waals surface area contributed by atoms with Crippen LogP contribution in [0.3, 0.4) is 0 Å². The summed E-state index contributed by atoms with van der Waals surface area (Å²) >= 11 is 6.25. The van der Waals surface area contributed by atoms with Crippen molar-refractivity contribution < 1.29 is 9.47 Å². The van der Waals surface area contributed by atoms with Gasteiger partial charge in [-0.15, -0.1) is 0 Å². The van der Waals surface area contributed by atoms with Gasteiger partial charge in [0.25, 0.3) is 0 Å². The largest absolute Gasteiger partial charge is 0.381 e. The molecule has 0 amide bonds. The number of rotatable bonds is 2. The molecule has 7 heteroatoms. The molecule has 126 valence electrons. The van der Waals surface area contributed by atoms with Crippen molar-refractivity contribution in [3.63, 3.8) is 0 Å². The van der Waals surface area contributed by atoms with Crippen molar-refractivity contribution in [2.24, 2.45) is 5.41 Å². The van der Waals surface area contributed by atoms with E-state index < -0.39 is 0 Å². The van der Waals surface area contributed by atoms with E-state index in [0.717, 1.165) is 64.4 Å². The molecule has 0 radical (unpaired) electrons. The van der Waals surface area contributed by atoms with Gasteiger partial charge in [0.2, 0.25) is 5.95 Å². The van der Waals surface area contributed by atoms with Gasteiger partial charge in [0.1, 0.15) is 11.0 Å². The van der Waals surface area contributed by atoms with Crippen molar-refractivity contribution in [3.8, 4) is 0 Å². The van der Waals surface area contributed by atoms with E-state index in [1.807, 2.05) is 6.07 Å². The highest BCUT2D eigenvalue weighted by Gasteiger charge is 2.38. The molecule has 0 saturated carbocycles. The van der Waals surface area contributed by atoms with Gasteiger partial charge in [-0.1, -0.05) is 11.6 Å². The average molecular weight is 339 g/mol. The monoisotopic (exact) mass is 338 g/mol. The van der Waals surface area contributed by atoms with Crippen LogP contribution in [0.4, 0.5) is 11.8 Å². The number of halogens is 1. The van der Waals surface area contributed by atoms with E-state index >= 15 is 0 Å². The first-order valence-electron chi connectivity index (χ1n) is 8.44. The maximum absolute atomic E-state index is 6.25. The molecule has 4 rings (SSSR count). The smallest absolute Gasteiger partial charge is 0.228 e. The Hall–Kier alpha value is -1.11. The summed E-state index contributed by atoms with van der Waals surface area (Å²) in [5.41, 5.74) is 0.403. The second-order valence-corrected chi connectivity index (χ2v) is 7.13. The van der Waals surface area contributed by atoms with Gasteiger partial charge in [0.05, 0.1) is 19.8 Å². The number of ether oxygens (including phenoxy) is 2. The Morgan fingerprint density at radius 1 is 0.913 bits per heavy atom. The Kier molecular flexibility index (Phi) is 4.30. The van der Waals surface area contributed by atoms with Crippen LogP contribution in [0, 0.1) is 5.41 Å². The van der Waals surface area contributed by atoms with E-state index in [1.165, 1.54) is 19.3 Å². The Balaban J connectivity index is 1.49. The number of anilines is 2. The molecule has 1 aromatic rings. The zero-order valence-electron chi connectivity index (χ0n) is 13.3. The summed E-state index contributed by atoms with van der Waals surface area (Å²) < 4.78 is 11.0. The van der Waals surface area contributed by atoms with Crippen LogP contribution in [0.5, 0.6) is 0 Å². The quantitative estimate of drug-likeness (QED) is 0.768. The Morgan fingerprint density at radius 2 is 1.70 bits per heavy atom. The summed E-state index contributed by atoms with van der Waals surface area (Å²) in [6.07, 6.45) is 3.54. The first kappa shape index (κ1) is 15.4. The predicted molar refractivity (Wildman–Crippen MR) is 89.4 cm³/mol. The topological polar surface area (TPSA) is 50.7 Å². The minimum absolute atomic E-state index is 0.403. The molecule has 0 unspecified atom stereocenters. The number of morpholine rings is 1. The van der Waals surface area contributed by atoms with Crippen LogP contribution in [0.25, 0.3) is 0 Å². The van der Waals surface area contributed by atoms with Crippen molar-refractivity contribution in [2.45, 2.75) is 19.3 Å². The Labute approximate surface area is 141 Å². The van der Waals surface area contributed by atoms with E-state index in [1.54, 1.807) is 0 Å². The highest BCUT2D eigenvalue weighted by molar-refractivity contribution is 6.29. The van der Waals surface area contributed by atoms with Crippen LogP contribution in [0.15, 0.2) is 6.07 Å². The molecule has 0 aliphatic carbocycles. The highest BCUT2D eigenvalue weighted by atomic mass is 35.5. The molecule has 0 aromatic carbocycles. The van der Waals surface area contributed by atoms with Gasteiger partial charge in [-0.2, -0.15) is 4.98 Å². The summed E-state index contributed by atoms with van der Waals surface area (Å²) in [5, 5.41) is 0.515. The van der Waals surface area contributed by atoms with Crippen molar-refractivity contribution in [3.05, 3.63) is 11.2 Å². The van der Waals surface area contributed by atoms with Gasteiger partial charge in [-0.05, 0) is 24.7 Å². The van der Waals surface area contributed by atoms with Crippen molar-refractivity contribution in [1.82, 2.24) is 9.97 Å². The van der Waals surface area contributed by atoms with Crippen LogP contribution >= 0.6 is 11.6 Å². The molecular formula is C16H23ClN4O2. The maximum Gasteiger partial charge on any atom is 0.228 e. The number of hydrogen-bond acceptors (Lipinski definition) is 6. The van der Waals surface area contributed by atoms with Crippen LogP contribution in [0.2, 0.25) is 5.15 Å². The van der Waals surface area contributed by atoms with Crippen LogP contribution in [-0.4, -0.2) is 62.6 Å². The Bertz CT molecular complexity index is 549. The Morgan fingerprint density at radius 3 is 2.39 bits per heavy atom. The normalized spacial score (nSPS) is 24.4. The van der Waals surface area contributed by atoms with Gasteiger partial charge in [0.15, 0.2) is 0 Å². The molecule has 4 heterocycles. The van der Waals surface area contributed by atoms with Crippen molar-refractivity contribution in [2.75, 3.05) is 62.4 Å². The van der Waals surface area contributed by atoms with E-state index in [2.05, 4.69) is 14.8 Å². The first-order chi connectivity index (χ1) is 11.2. The molecule has 23 heavy (non-hydrogen) atoms. The minimum Gasteiger partial charge on any atom is -0.381 e. The lowest BCUT2D eigenvalue weighted by Crippen LogP contribution is -2.41. The lowest BCUT2D eigenvalue weighted by Gasteiger charge is -2.39. The molecule has 1 spiro atoms. The standard InChI is InChI=1S/C16H23ClN4O2/c17-13-11-14(19-15(18-13)21-6-9-22-10-7-21)20-4-1-16(2-5-20)3-8-23-12-16/h11H,1-10,12H2. The summed E-state index contributed by atoms with van der Waals surface area (Å²) in [6.45, 7) is 6.94. The van der Waals surface area contributed by atoms with Gasteiger partial charge in [-0.25, -0.2) is 4.98 Å². The molecule has 0 bridgehead atoms. The zero-order chi connectivity index (χ0) is 15.7. The number of aromatic nitrogens is 2. The van der Waals surface area contributed by atoms with Crippen molar-refractivity contribution in [1.29, 1.82) is 0 Å². The van der Waals surface area contributed by atoms with Crippen LogP contribution in [-0.2, 0) is 9.47 Å². The maximum atomic E-state index is 6.25. The van der Waals surface area contributed by atoms with Gasteiger partial charge in [-0.3, -0.25) is 0 Å². The lowest BCUT2D eigenvalue weighted by atomic mass is 9.78. The first-order valence-corrected chi connectivity index (χ1v) is 8.82. The SMILES string of the molecule is Clc1cc(N2CCC3(CCOC3)CC2)nc(N2CCOCC2)n1. The molecule has 3 aliphatic rings. The number of nitrogens with zero attached hydrogens (tertiary/aromatic N) is 4. The fraction of sp³-hybridized carbons (Fsp3) is 0.750. The highest BCUT2D eigenvalue weighted by Crippen LogP contribution is 2.40. The van der Waals surface area contributed by atoms with E-state index in [4.69, 9.17) is 26.1 Å². The van der Waals surface area contributed by atoms with E-state index in [0.29, 0.717) is 10.6 Å². The van der Waals surface area contributed by atoms with Gasteiger partial charge >= 0.3 is 0 Å². The molecule has 0 N–H and O–H groups in total. The summed E-state index contributed by atoms with van der Waals surface area (Å²) in [6, 6.07) is 1.88. The molecule has 6 nitrogen and oxygen atoms in total. The fourth-order valence-electron chi connectivity index (χ4n) is 3.71. The third-order valence-corrected chi connectivity index (χ3v) is 5.49. The average Bonchev–Trinajstić information content (AvgIpc) is 3.04. The predicted octanol–water partition coefficient (Wildman–Crippen LogP) is 1.97. The molecule has 3 aliphatic heterocycles. The fourth-order valence-corrected chi connectivity index (χ4v) is 3.89.